The molecular formula is C19H19ClN2O3. The van der Waals surface area contributed by atoms with Crippen LogP contribution < -0.4 is 5.32 Å². The van der Waals surface area contributed by atoms with Crippen molar-refractivity contribution in [1.82, 2.24) is 5.32 Å². The zero-order valence-corrected chi connectivity index (χ0v) is 14.4. The second-order valence-electron chi connectivity index (χ2n) is 5.41. The number of hydrogen-bond donors (Lipinski definition) is 4. The van der Waals surface area contributed by atoms with Crippen LogP contribution in [-0.2, 0) is 4.79 Å². The Hall–Kier alpha value is -2.63. The van der Waals surface area contributed by atoms with Gasteiger partial charge in [0.15, 0.2) is 0 Å². The lowest BCUT2D eigenvalue weighted by Crippen LogP contribution is -2.27. The highest BCUT2D eigenvalue weighted by Crippen LogP contribution is 2.24. The van der Waals surface area contributed by atoms with E-state index in [0.717, 1.165) is 0 Å². The highest BCUT2D eigenvalue weighted by molar-refractivity contribution is 6.30. The van der Waals surface area contributed by atoms with Crippen molar-refractivity contribution < 1.29 is 15.0 Å². The molecule has 130 valence electrons. The fourth-order valence-corrected chi connectivity index (χ4v) is 2.48. The molecule has 2 aromatic carbocycles. The number of benzene rings is 2. The van der Waals surface area contributed by atoms with Gasteiger partial charge in [-0.2, -0.15) is 0 Å². The summed E-state index contributed by atoms with van der Waals surface area (Å²) in [5, 5.41) is 31.9. The van der Waals surface area contributed by atoms with Crippen LogP contribution in [0.1, 0.15) is 23.7 Å². The average molecular weight is 359 g/mol. The molecule has 5 nitrogen and oxygen atoms in total. The van der Waals surface area contributed by atoms with E-state index in [0.29, 0.717) is 16.1 Å². The molecule has 0 aliphatic heterocycles. The van der Waals surface area contributed by atoms with Gasteiger partial charge in [0.25, 0.3) is 5.91 Å². The number of nitrogens with one attached hydrogen (secondary N) is 2. The van der Waals surface area contributed by atoms with Crippen molar-refractivity contribution in [1.29, 1.82) is 5.41 Å². The third kappa shape index (κ3) is 4.68. The molecule has 1 atom stereocenters. The lowest BCUT2D eigenvalue weighted by molar-refractivity contribution is -0.116. The van der Waals surface area contributed by atoms with Gasteiger partial charge in [-0.3, -0.25) is 10.2 Å². The van der Waals surface area contributed by atoms with Gasteiger partial charge >= 0.3 is 0 Å². The largest absolute Gasteiger partial charge is 0.511 e. The van der Waals surface area contributed by atoms with Crippen molar-refractivity contribution >= 4 is 23.2 Å². The van der Waals surface area contributed by atoms with Crippen molar-refractivity contribution in [2.75, 3.05) is 7.05 Å². The van der Waals surface area contributed by atoms with Gasteiger partial charge in [0.1, 0.15) is 11.3 Å². The number of rotatable bonds is 6. The molecule has 6 heteroatoms. The number of carbonyl (C=O) groups is 1. The zero-order chi connectivity index (χ0) is 18.4. The fourth-order valence-electron chi connectivity index (χ4n) is 2.35. The molecule has 0 fully saturated rings. The fraction of sp³-hybridized carbons (Fsp3) is 0.158. The van der Waals surface area contributed by atoms with Gasteiger partial charge in [-0.25, -0.2) is 0 Å². The van der Waals surface area contributed by atoms with E-state index in [2.05, 4.69) is 5.32 Å². The summed E-state index contributed by atoms with van der Waals surface area (Å²) < 4.78 is 0. The average Bonchev–Trinajstić information content (AvgIpc) is 2.62. The molecule has 0 aliphatic carbocycles. The Morgan fingerprint density at radius 1 is 1.16 bits per heavy atom. The predicted octanol–water partition coefficient (Wildman–Crippen LogP) is 3.39. The van der Waals surface area contributed by atoms with Gasteiger partial charge in [0.05, 0.1) is 11.8 Å². The van der Waals surface area contributed by atoms with Gasteiger partial charge in [-0.1, -0.05) is 54.1 Å². The molecule has 2 rings (SSSR count). The summed E-state index contributed by atoms with van der Waals surface area (Å²) in [6, 6.07) is 15.2. The highest BCUT2D eigenvalue weighted by atomic mass is 35.5. The molecule has 0 heterocycles. The molecule has 0 spiro atoms. The molecule has 0 aliphatic rings. The van der Waals surface area contributed by atoms with E-state index < -0.39 is 12.0 Å². The van der Waals surface area contributed by atoms with Gasteiger partial charge in [0.2, 0.25) is 0 Å². The molecule has 4 N–H and O–H groups in total. The van der Waals surface area contributed by atoms with E-state index in [9.17, 15) is 15.0 Å². The molecule has 0 saturated heterocycles. The minimum Gasteiger partial charge on any atom is -0.511 e. The summed E-state index contributed by atoms with van der Waals surface area (Å²) in [6.07, 6.45) is -1.22. The maximum absolute atomic E-state index is 12.2. The van der Waals surface area contributed by atoms with E-state index in [1.807, 2.05) is 0 Å². The number of hydrogen-bond acceptors (Lipinski definition) is 4. The van der Waals surface area contributed by atoms with E-state index >= 15 is 0 Å². The Labute approximate surface area is 151 Å². The first kappa shape index (κ1) is 18.7. The van der Waals surface area contributed by atoms with Crippen LogP contribution in [0.3, 0.4) is 0 Å². The molecule has 1 unspecified atom stereocenters. The zero-order valence-electron chi connectivity index (χ0n) is 13.7. The SMILES string of the molecule is CNC(=O)C(C(=N)c1ccccc1)=C(O)CC(O)c1ccc(Cl)cc1. The normalized spacial score (nSPS) is 12.9. The Morgan fingerprint density at radius 2 is 1.76 bits per heavy atom. The van der Waals surface area contributed by atoms with Gasteiger partial charge in [-0.15, -0.1) is 0 Å². The Morgan fingerprint density at radius 3 is 2.32 bits per heavy atom. The van der Waals surface area contributed by atoms with Crippen molar-refractivity contribution in [3.05, 3.63) is 82.1 Å². The molecule has 2 aromatic rings. The maximum Gasteiger partial charge on any atom is 0.256 e. The number of carbonyl (C=O) groups excluding carboxylic acids is 1. The second kappa shape index (κ2) is 8.46. The van der Waals surface area contributed by atoms with Crippen LogP contribution in [0.25, 0.3) is 0 Å². The summed E-state index contributed by atoms with van der Waals surface area (Å²) in [5.74, 6) is -0.940. The Bertz CT molecular complexity index is 786. The van der Waals surface area contributed by atoms with Crippen molar-refractivity contribution in [3.8, 4) is 0 Å². The number of aliphatic hydroxyl groups excluding tert-OH is 2. The van der Waals surface area contributed by atoms with Gasteiger partial charge in [0, 0.05) is 24.1 Å². The van der Waals surface area contributed by atoms with Crippen LogP contribution in [0.15, 0.2) is 65.9 Å². The van der Waals surface area contributed by atoms with Crippen LogP contribution in [0.4, 0.5) is 0 Å². The first-order valence-corrected chi connectivity index (χ1v) is 8.04. The van der Waals surface area contributed by atoms with E-state index in [4.69, 9.17) is 17.0 Å². The summed E-state index contributed by atoms with van der Waals surface area (Å²) >= 11 is 5.82. The summed E-state index contributed by atoms with van der Waals surface area (Å²) in [6.45, 7) is 0. The third-order valence-electron chi connectivity index (χ3n) is 3.70. The third-order valence-corrected chi connectivity index (χ3v) is 3.95. The lowest BCUT2D eigenvalue weighted by atomic mass is 9.97. The van der Waals surface area contributed by atoms with E-state index in [-0.39, 0.29) is 23.5 Å². The predicted molar refractivity (Wildman–Crippen MR) is 98.0 cm³/mol. The smallest absolute Gasteiger partial charge is 0.256 e. The van der Waals surface area contributed by atoms with Crippen LogP contribution in [0.2, 0.25) is 5.02 Å². The minimum atomic E-state index is -1.03. The molecule has 1 amide bonds. The molecule has 25 heavy (non-hydrogen) atoms. The summed E-state index contributed by atoms with van der Waals surface area (Å²) in [4.78, 5) is 12.2. The Kier molecular flexibility index (Phi) is 6.33. The van der Waals surface area contributed by atoms with Gasteiger partial charge in [-0.05, 0) is 17.7 Å². The summed E-state index contributed by atoms with van der Waals surface area (Å²) in [5.41, 5.74) is 0.773. The molecule has 0 radical (unpaired) electrons. The Balaban J connectivity index is 2.32. The number of amides is 1. The molecule has 0 bridgehead atoms. The number of halogens is 1. The first-order valence-electron chi connectivity index (χ1n) is 7.66. The molecule has 0 saturated carbocycles. The standard InChI is InChI=1S/C19H19ClN2O3/c1-22-19(25)17(18(21)13-5-3-2-4-6-13)16(24)11-15(23)12-7-9-14(20)10-8-12/h2-10,15,21,23-24H,11H2,1H3,(H,22,25). The van der Waals surface area contributed by atoms with Crippen LogP contribution in [0, 0.1) is 5.41 Å². The maximum atomic E-state index is 12.2. The summed E-state index contributed by atoms with van der Waals surface area (Å²) in [7, 11) is 1.42. The monoisotopic (exact) mass is 358 g/mol. The van der Waals surface area contributed by atoms with Gasteiger partial charge < -0.3 is 15.5 Å². The van der Waals surface area contributed by atoms with Crippen molar-refractivity contribution in [2.45, 2.75) is 12.5 Å². The van der Waals surface area contributed by atoms with Crippen molar-refractivity contribution in [3.63, 3.8) is 0 Å². The van der Waals surface area contributed by atoms with E-state index in [1.165, 1.54) is 7.05 Å². The number of likely N-dealkylation sites (N-methyl/N-ethyl adjacent to an activating group) is 1. The highest BCUT2D eigenvalue weighted by Gasteiger charge is 2.22. The van der Waals surface area contributed by atoms with Crippen molar-refractivity contribution in [2.24, 2.45) is 0 Å². The van der Waals surface area contributed by atoms with Crippen LogP contribution in [0.5, 0.6) is 0 Å². The molecular weight excluding hydrogens is 340 g/mol. The second-order valence-corrected chi connectivity index (χ2v) is 5.85. The minimum absolute atomic E-state index is 0.110. The quantitative estimate of drug-likeness (QED) is 0.362. The van der Waals surface area contributed by atoms with Crippen LogP contribution >= 0.6 is 11.6 Å². The lowest BCUT2D eigenvalue weighted by Gasteiger charge is -2.15. The number of aliphatic hydroxyl groups is 2. The van der Waals surface area contributed by atoms with E-state index in [1.54, 1.807) is 54.6 Å². The van der Waals surface area contributed by atoms with Crippen LogP contribution in [-0.4, -0.2) is 28.9 Å². The topological polar surface area (TPSA) is 93.4 Å². The first-order chi connectivity index (χ1) is 11.9. The molecule has 0 aromatic heterocycles.